The molecule has 0 bridgehead atoms. The average Bonchev–Trinajstić information content (AvgIpc) is 3.36. The number of benzene rings is 3. The number of aromatic nitrogens is 1. The van der Waals surface area contributed by atoms with Crippen molar-refractivity contribution < 1.29 is 4.74 Å². The van der Waals surface area contributed by atoms with Crippen molar-refractivity contribution in [2.45, 2.75) is 12.7 Å². The Morgan fingerprint density at radius 3 is 2.56 bits per heavy atom. The van der Waals surface area contributed by atoms with Crippen LogP contribution < -0.4 is 15.7 Å². The summed E-state index contributed by atoms with van der Waals surface area (Å²) in [5.41, 5.74) is 10.5. The lowest BCUT2D eigenvalue weighted by molar-refractivity contribution is 0.414. The molecular weight excluding hydrogens is 338 g/mol. The molecule has 0 amide bonds. The minimum absolute atomic E-state index is 0.155. The SMILES string of the molecule is COc1ccc(Cn2c3ccccc3c3cc(C4N=NNN4)ccc32)cc1. The Morgan fingerprint density at radius 2 is 1.78 bits per heavy atom. The lowest BCUT2D eigenvalue weighted by Crippen LogP contribution is -2.23. The molecule has 0 radical (unpaired) electrons. The number of para-hydroxylation sites is 1. The molecule has 1 unspecified atom stereocenters. The van der Waals surface area contributed by atoms with Gasteiger partial charge in [0.25, 0.3) is 0 Å². The summed E-state index contributed by atoms with van der Waals surface area (Å²) in [6, 6.07) is 23.2. The Hall–Kier alpha value is -3.38. The van der Waals surface area contributed by atoms with Crippen molar-refractivity contribution in [2.75, 3.05) is 7.11 Å². The van der Waals surface area contributed by atoms with Crippen molar-refractivity contribution in [3.05, 3.63) is 77.9 Å². The van der Waals surface area contributed by atoms with Gasteiger partial charge in [-0.2, -0.15) is 5.43 Å². The number of nitrogens with zero attached hydrogens (tertiary/aromatic N) is 3. The number of hydrogen-bond acceptors (Lipinski definition) is 5. The number of hydrogen-bond donors (Lipinski definition) is 2. The fourth-order valence-electron chi connectivity index (χ4n) is 3.68. The van der Waals surface area contributed by atoms with E-state index in [1.807, 2.05) is 12.1 Å². The van der Waals surface area contributed by atoms with Crippen LogP contribution in [0.2, 0.25) is 0 Å². The molecule has 0 fully saturated rings. The Labute approximate surface area is 156 Å². The average molecular weight is 357 g/mol. The maximum absolute atomic E-state index is 5.27. The first-order chi connectivity index (χ1) is 13.3. The second kappa shape index (κ2) is 6.41. The topological polar surface area (TPSA) is 62.9 Å². The Morgan fingerprint density at radius 1 is 0.963 bits per heavy atom. The number of rotatable bonds is 4. The molecule has 0 saturated heterocycles. The molecule has 6 nitrogen and oxygen atoms in total. The molecule has 5 rings (SSSR count). The fourth-order valence-corrected chi connectivity index (χ4v) is 3.68. The molecule has 2 heterocycles. The van der Waals surface area contributed by atoms with E-state index in [0.717, 1.165) is 17.9 Å². The van der Waals surface area contributed by atoms with Gasteiger partial charge in [0.05, 0.1) is 7.11 Å². The first-order valence-electron chi connectivity index (χ1n) is 8.88. The number of fused-ring (bicyclic) bond motifs is 3. The lowest BCUT2D eigenvalue weighted by atomic mass is 10.1. The van der Waals surface area contributed by atoms with Gasteiger partial charge in [0, 0.05) is 28.4 Å². The van der Waals surface area contributed by atoms with Crippen molar-refractivity contribution in [1.29, 1.82) is 0 Å². The third-order valence-corrected chi connectivity index (χ3v) is 5.04. The van der Waals surface area contributed by atoms with Crippen LogP contribution in [0, 0.1) is 0 Å². The summed E-state index contributed by atoms with van der Waals surface area (Å²) in [6.07, 6.45) is -0.155. The van der Waals surface area contributed by atoms with Crippen molar-refractivity contribution >= 4 is 21.8 Å². The highest BCUT2D eigenvalue weighted by Crippen LogP contribution is 2.32. The molecule has 0 spiro atoms. The van der Waals surface area contributed by atoms with Gasteiger partial charge in [-0.3, -0.25) is 0 Å². The fraction of sp³-hybridized carbons (Fsp3) is 0.143. The zero-order valence-corrected chi connectivity index (χ0v) is 14.9. The van der Waals surface area contributed by atoms with Crippen molar-refractivity contribution in [3.8, 4) is 5.75 Å². The molecule has 1 aliphatic heterocycles. The molecule has 134 valence electrons. The van der Waals surface area contributed by atoms with E-state index in [1.54, 1.807) is 7.11 Å². The molecule has 27 heavy (non-hydrogen) atoms. The van der Waals surface area contributed by atoms with Gasteiger partial charge in [-0.15, -0.1) is 5.11 Å². The number of ether oxygens (including phenoxy) is 1. The van der Waals surface area contributed by atoms with Gasteiger partial charge < -0.3 is 9.30 Å². The second-order valence-electron chi connectivity index (χ2n) is 6.60. The molecule has 3 aromatic carbocycles. The largest absolute Gasteiger partial charge is 0.497 e. The molecule has 2 N–H and O–H groups in total. The van der Waals surface area contributed by atoms with E-state index in [-0.39, 0.29) is 6.17 Å². The van der Waals surface area contributed by atoms with Gasteiger partial charge in [0.1, 0.15) is 5.75 Å². The summed E-state index contributed by atoms with van der Waals surface area (Å²) in [5, 5.41) is 10.4. The molecule has 0 saturated carbocycles. The van der Waals surface area contributed by atoms with E-state index < -0.39 is 0 Å². The maximum Gasteiger partial charge on any atom is 0.166 e. The Bertz CT molecular complexity index is 1150. The third kappa shape index (κ3) is 2.71. The minimum Gasteiger partial charge on any atom is -0.497 e. The molecule has 4 aromatic rings. The van der Waals surface area contributed by atoms with E-state index in [1.165, 1.54) is 27.4 Å². The maximum atomic E-state index is 5.27. The van der Waals surface area contributed by atoms with Crippen LogP contribution in [0.4, 0.5) is 0 Å². The predicted molar refractivity (Wildman–Crippen MR) is 105 cm³/mol. The third-order valence-electron chi connectivity index (χ3n) is 5.04. The van der Waals surface area contributed by atoms with Gasteiger partial charge in [0.15, 0.2) is 6.17 Å². The van der Waals surface area contributed by atoms with Crippen LogP contribution in [0.15, 0.2) is 77.1 Å². The van der Waals surface area contributed by atoms with Crippen LogP contribution in [-0.4, -0.2) is 11.7 Å². The zero-order chi connectivity index (χ0) is 18.2. The Kier molecular flexibility index (Phi) is 3.76. The van der Waals surface area contributed by atoms with Crippen molar-refractivity contribution in [3.63, 3.8) is 0 Å². The van der Waals surface area contributed by atoms with Gasteiger partial charge in [-0.05, 0) is 41.5 Å². The number of methoxy groups -OCH3 is 1. The molecule has 1 aromatic heterocycles. The number of nitrogens with one attached hydrogen (secondary N) is 2. The van der Waals surface area contributed by atoms with Gasteiger partial charge in [-0.1, -0.05) is 41.6 Å². The van der Waals surface area contributed by atoms with Crippen LogP contribution in [-0.2, 0) is 6.54 Å². The predicted octanol–water partition coefficient (Wildman–Crippen LogP) is 4.33. The highest BCUT2D eigenvalue weighted by atomic mass is 16.5. The smallest absolute Gasteiger partial charge is 0.166 e. The van der Waals surface area contributed by atoms with Crippen molar-refractivity contribution in [2.24, 2.45) is 10.3 Å². The molecule has 6 heteroatoms. The van der Waals surface area contributed by atoms with E-state index in [9.17, 15) is 0 Å². The van der Waals surface area contributed by atoms with Gasteiger partial charge in [-0.25, -0.2) is 5.53 Å². The summed E-state index contributed by atoms with van der Waals surface area (Å²) in [4.78, 5) is 0. The standard InChI is InChI=1S/C21H19N5O/c1-27-16-9-6-14(7-10-16)13-26-19-5-3-2-4-17(19)18-12-15(8-11-20(18)26)21-22-24-25-23-21/h2-12,21H,13H2,1H3,(H,22,25)(H,23,24). The number of hydrazine groups is 1. The second-order valence-corrected chi connectivity index (χ2v) is 6.60. The van der Waals surface area contributed by atoms with Crippen LogP contribution in [0.25, 0.3) is 21.8 Å². The first kappa shape index (κ1) is 15.8. The van der Waals surface area contributed by atoms with Crippen LogP contribution in [0.1, 0.15) is 17.3 Å². The highest BCUT2D eigenvalue weighted by molar-refractivity contribution is 6.08. The van der Waals surface area contributed by atoms with E-state index in [4.69, 9.17) is 4.74 Å². The summed E-state index contributed by atoms with van der Waals surface area (Å²) >= 11 is 0. The first-order valence-corrected chi connectivity index (χ1v) is 8.88. The van der Waals surface area contributed by atoms with E-state index >= 15 is 0 Å². The van der Waals surface area contributed by atoms with Crippen LogP contribution in [0.5, 0.6) is 5.75 Å². The lowest BCUT2D eigenvalue weighted by Gasteiger charge is -2.10. The van der Waals surface area contributed by atoms with Crippen LogP contribution in [0.3, 0.4) is 0 Å². The monoisotopic (exact) mass is 357 g/mol. The zero-order valence-electron chi connectivity index (χ0n) is 14.9. The van der Waals surface area contributed by atoms with Gasteiger partial charge >= 0.3 is 0 Å². The normalized spacial score (nSPS) is 16.1. The summed E-state index contributed by atoms with van der Waals surface area (Å²) < 4.78 is 7.63. The molecular formula is C21H19N5O. The molecule has 0 aliphatic carbocycles. The Balaban J connectivity index is 1.64. The van der Waals surface area contributed by atoms with E-state index in [0.29, 0.717) is 0 Å². The minimum atomic E-state index is -0.155. The molecule has 1 aliphatic rings. The summed E-state index contributed by atoms with van der Waals surface area (Å²) in [7, 11) is 1.69. The molecule has 1 atom stereocenters. The summed E-state index contributed by atoms with van der Waals surface area (Å²) in [5.74, 6) is 0.873. The van der Waals surface area contributed by atoms with Crippen LogP contribution >= 0.6 is 0 Å². The van der Waals surface area contributed by atoms with E-state index in [2.05, 4.69) is 80.5 Å². The van der Waals surface area contributed by atoms with Crippen molar-refractivity contribution in [1.82, 2.24) is 15.5 Å². The summed E-state index contributed by atoms with van der Waals surface area (Å²) in [6.45, 7) is 0.802. The van der Waals surface area contributed by atoms with Gasteiger partial charge in [0.2, 0.25) is 0 Å². The quantitative estimate of drug-likeness (QED) is 0.572. The highest BCUT2D eigenvalue weighted by Gasteiger charge is 2.17.